The Balaban J connectivity index is 3.08. The molecule has 0 aliphatic rings. The molecule has 0 aromatic heterocycles. The van der Waals surface area contributed by atoms with Gasteiger partial charge in [-0.1, -0.05) is 0 Å². The van der Waals surface area contributed by atoms with Crippen molar-refractivity contribution in [2.24, 2.45) is 0 Å². The van der Waals surface area contributed by atoms with Gasteiger partial charge in [0.25, 0.3) is 0 Å². The van der Waals surface area contributed by atoms with Crippen molar-refractivity contribution < 1.29 is 14.6 Å². The van der Waals surface area contributed by atoms with Crippen LogP contribution < -0.4 is 15.8 Å². The second-order valence-electron chi connectivity index (χ2n) is 2.79. The third kappa shape index (κ3) is 2.07. The van der Waals surface area contributed by atoms with Crippen LogP contribution in [0, 0.1) is 0 Å². The molecule has 0 heterocycles. The molecule has 0 bridgehead atoms. The van der Waals surface area contributed by atoms with Gasteiger partial charge in [0.1, 0.15) is 11.5 Å². The number of carbonyl (C=O) groups is 1. The number of ether oxygens (including phenoxy) is 1. The van der Waals surface area contributed by atoms with Crippen LogP contribution in [0.15, 0.2) is 12.1 Å². The van der Waals surface area contributed by atoms with Gasteiger partial charge in [-0.25, -0.2) is 0 Å². The quantitative estimate of drug-likeness (QED) is 0.373. The Kier molecular flexibility index (Phi) is 2.81. The van der Waals surface area contributed by atoms with Crippen LogP contribution in [0.2, 0.25) is 0 Å². The fourth-order valence-corrected chi connectivity index (χ4v) is 1.05. The Morgan fingerprint density at radius 1 is 1.57 bits per heavy atom. The lowest BCUT2D eigenvalue weighted by Gasteiger charge is -2.09. The molecule has 0 unspecified atom stereocenters. The van der Waals surface area contributed by atoms with Gasteiger partial charge in [-0.05, 0) is 6.07 Å². The molecule has 1 rings (SSSR count). The zero-order valence-corrected chi connectivity index (χ0v) is 8.00. The minimum atomic E-state index is -0.273. The number of amides is 1. The van der Waals surface area contributed by atoms with Gasteiger partial charge in [-0.15, -0.1) is 0 Å². The van der Waals surface area contributed by atoms with Gasteiger partial charge in [-0.2, -0.15) is 0 Å². The van der Waals surface area contributed by atoms with Crippen molar-refractivity contribution in [2.45, 2.75) is 6.92 Å². The zero-order chi connectivity index (χ0) is 10.7. The van der Waals surface area contributed by atoms with Gasteiger partial charge in [0.15, 0.2) is 0 Å². The second kappa shape index (κ2) is 3.87. The molecule has 1 aromatic carbocycles. The minimum absolute atomic E-state index is 0.0775. The van der Waals surface area contributed by atoms with Crippen molar-refractivity contribution >= 4 is 17.3 Å². The summed E-state index contributed by atoms with van der Waals surface area (Å²) in [4.78, 5) is 10.7. The molecule has 0 atom stereocenters. The zero-order valence-electron chi connectivity index (χ0n) is 8.00. The number of phenols is 1. The molecule has 0 saturated carbocycles. The van der Waals surface area contributed by atoms with Gasteiger partial charge >= 0.3 is 0 Å². The van der Waals surface area contributed by atoms with Crippen LogP contribution in [0.3, 0.4) is 0 Å². The summed E-state index contributed by atoms with van der Waals surface area (Å²) < 4.78 is 4.89. The lowest BCUT2D eigenvalue weighted by molar-refractivity contribution is -0.114. The van der Waals surface area contributed by atoms with E-state index in [4.69, 9.17) is 10.5 Å². The number of anilines is 2. The van der Waals surface area contributed by atoms with Crippen LogP contribution in [0.25, 0.3) is 0 Å². The van der Waals surface area contributed by atoms with E-state index in [1.165, 1.54) is 26.2 Å². The Bertz CT molecular complexity index is 363. The molecule has 14 heavy (non-hydrogen) atoms. The summed E-state index contributed by atoms with van der Waals surface area (Å²) in [5, 5.41) is 11.9. The number of nitrogen functional groups attached to an aromatic ring is 1. The lowest BCUT2D eigenvalue weighted by Crippen LogP contribution is -2.06. The second-order valence-corrected chi connectivity index (χ2v) is 2.79. The fraction of sp³-hybridized carbons (Fsp3) is 0.222. The average Bonchev–Trinajstić information content (AvgIpc) is 2.10. The number of hydrogen-bond acceptors (Lipinski definition) is 4. The van der Waals surface area contributed by atoms with E-state index in [0.717, 1.165) is 0 Å². The normalized spacial score (nSPS) is 9.57. The first kappa shape index (κ1) is 10.2. The van der Waals surface area contributed by atoms with Crippen LogP contribution in [0.5, 0.6) is 11.5 Å². The van der Waals surface area contributed by atoms with Crippen LogP contribution in [0.1, 0.15) is 6.92 Å². The summed E-state index contributed by atoms with van der Waals surface area (Å²) in [6.45, 7) is 1.35. The summed E-state index contributed by atoms with van der Waals surface area (Å²) in [6, 6.07) is 2.79. The minimum Gasteiger partial charge on any atom is -0.506 e. The maximum absolute atomic E-state index is 10.7. The third-order valence-corrected chi connectivity index (χ3v) is 1.66. The van der Waals surface area contributed by atoms with Gasteiger partial charge in [-0.3, -0.25) is 4.79 Å². The predicted octanol–water partition coefficient (Wildman–Crippen LogP) is 0.941. The summed E-state index contributed by atoms with van der Waals surface area (Å²) >= 11 is 0. The van der Waals surface area contributed by atoms with E-state index in [1.807, 2.05) is 0 Å². The van der Waals surface area contributed by atoms with Crippen LogP contribution in [-0.2, 0) is 4.79 Å². The van der Waals surface area contributed by atoms with Crippen molar-refractivity contribution in [1.29, 1.82) is 0 Å². The van der Waals surface area contributed by atoms with Crippen LogP contribution >= 0.6 is 0 Å². The number of rotatable bonds is 2. The van der Waals surface area contributed by atoms with Crippen molar-refractivity contribution in [3.63, 3.8) is 0 Å². The smallest absolute Gasteiger partial charge is 0.221 e. The molecule has 0 radical (unpaired) electrons. The number of nitrogens with two attached hydrogens (primary N) is 1. The Hall–Kier alpha value is -1.91. The maximum Gasteiger partial charge on any atom is 0.221 e. The van der Waals surface area contributed by atoms with Gasteiger partial charge in [0.2, 0.25) is 5.91 Å². The molecule has 0 fully saturated rings. The lowest BCUT2D eigenvalue weighted by atomic mass is 10.2. The molecular formula is C9H12N2O3. The monoisotopic (exact) mass is 196 g/mol. The Morgan fingerprint density at radius 3 is 2.71 bits per heavy atom. The number of nitrogens with one attached hydrogen (secondary N) is 1. The van der Waals surface area contributed by atoms with Crippen molar-refractivity contribution in [1.82, 2.24) is 0 Å². The molecule has 76 valence electrons. The molecule has 1 amide bonds. The topological polar surface area (TPSA) is 84.6 Å². The molecule has 1 aromatic rings. The molecule has 5 heteroatoms. The van der Waals surface area contributed by atoms with E-state index in [2.05, 4.69) is 5.32 Å². The van der Waals surface area contributed by atoms with Crippen LogP contribution in [-0.4, -0.2) is 18.1 Å². The number of benzene rings is 1. The summed E-state index contributed by atoms with van der Waals surface area (Å²) in [6.07, 6.45) is 0. The van der Waals surface area contributed by atoms with Crippen LogP contribution in [0.4, 0.5) is 11.4 Å². The largest absolute Gasteiger partial charge is 0.506 e. The molecule has 5 nitrogen and oxygen atoms in total. The molecule has 0 spiro atoms. The maximum atomic E-state index is 10.7. The SMILES string of the molecule is COc1cc(O)c(NC(C)=O)cc1N. The highest BCUT2D eigenvalue weighted by Gasteiger charge is 2.08. The van der Waals surface area contributed by atoms with E-state index in [9.17, 15) is 9.90 Å². The highest BCUT2D eigenvalue weighted by Crippen LogP contribution is 2.33. The highest BCUT2D eigenvalue weighted by molar-refractivity contribution is 5.91. The van der Waals surface area contributed by atoms with Crippen molar-refractivity contribution in [3.8, 4) is 11.5 Å². The van der Waals surface area contributed by atoms with Gasteiger partial charge in [0, 0.05) is 13.0 Å². The van der Waals surface area contributed by atoms with Gasteiger partial charge in [0.05, 0.1) is 18.5 Å². The molecular weight excluding hydrogens is 184 g/mol. The highest BCUT2D eigenvalue weighted by atomic mass is 16.5. The van der Waals surface area contributed by atoms with E-state index in [-0.39, 0.29) is 17.3 Å². The standard InChI is InChI=1S/C9H12N2O3/c1-5(12)11-7-3-6(10)9(14-2)4-8(7)13/h3-4,13H,10H2,1-2H3,(H,11,12). The molecule has 0 aliphatic carbocycles. The number of carbonyl (C=O) groups excluding carboxylic acids is 1. The van der Waals surface area contributed by atoms with Crippen molar-refractivity contribution in [3.05, 3.63) is 12.1 Å². The first-order valence-corrected chi connectivity index (χ1v) is 3.98. The van der Waals surface area contributed by atoms with Crippen molar-refractivity contribution in [2.75, 3.05) is 18.2 Å². The summed E-state index contributed by atoms with van der Waals surface area (Å²) in [5.41, 5.74) is 6.22. The number of aromatic hydroxyl groups is 1. The number of methoxy groups -OCH3 is 1. The Morgan fingerprint density at radius 2 is 2.21 bits per heavy atom. The predicted molar refractivity (Wildman–Crippen MR) is 53.4 cm³/mol. The first-order chi connectivity index (χ1) is 6.54. The summed E-state index contributed by atoms with van der Waals surface area (Å²) in [5.74, 6) is 0.0210. The average molecular weight is 196 g/mol. The fourth-order valence-electron chi connectivity index (χ4n) is 1.05. The number of phenolic OH excluding ortho intramolecular Hbond substituents is 1. The molecule has 0 saturated heterocycles. The molecule has 4 N–H and O–H groups in total. The number of hydrogen-bond donors (Lipinski definition) is 3. The van der Waals surface area contributed by atoms with E-state index < -0.39 is 0 Å². The third-order valence-electron chi connectivity index (χ3n) is 1.66. The van der Waals surface area contributed by atoms with E-state index in [0.29, 0.717) is 11.4 Å². The summed E-state index contributed by atoms with van der Waals surface area (Å²) in [7, 11) is 1.45. The first-order valence-electron chi connectivity index (χ1n) is 3.98. The van der Waals surface area contributed by atoms with E-state index in [1.54, 1.807) is 0 Å². The molecule has 0 aliphatic heterocycles. The Labute approximate surface area is 81.5 Å². The van der Waals surface area contributed by atoms with Gasteiger partial charge < -0.3 is 20.9 Å². The van der Waals surface area contributed by atoms with E-state index >= 15 is 0 Å².